The summed E-state index contributed by atoms with van der Waals surface area (Å²) in [5.74, 6) is 1.30. The predicted molar refractivity (Wildman–Crippen MR) is 77.1 cm³/mol. The standard InChI is InChI=1S/C13H21N3O2S/c1-8(2)9-6-7-19-13(14-9)15-10-4-5-11(17)16(3)12(10)18/h8-10H,4-7H2,1-3H3,(H,14,15). The van der Waals surface area contributed by atoms with E-state index >= 15 is 0 Å². The molecule has 1 N–H and O–H groups in total. The number of hydrogen-bond acceptors (Lipinski definition) is 4. The van der Waals surface area contributed by atoms with Gasteiger partial charge in [0.15, 0.2) is 5.17 Å². The van der Waals surface area contributed by atoms with Crippen LogP contribution in [0.25, 0.3) is 0 Å². The van der Waals surface area contributed by atoms with Crippen LogP contribution < -0.4 is 5.32 Å². The summed E-state index contributed by atoms with van der Waals surface area (Å²) >= 11 is 1.67. The number of nitrogens with one attached hydrogen (secondary N) is 1. The van der Waals surface area contributed by atoms with Gasteiger partial charge in [0.1, 0.15) is 6.04 Å². The lowest BCUT2D eigenvalue weighted by Crippen LogP contribution is -2.46. The van der Waals surface area contributed by atoms with E-state index < -0.39 is 6.04 Å². The Labute approximate surface area is 118 Å². The van der Waals surface area contributed by atoms with Crippen LogP contribution in [0.2, 0.25) is 0 Å². The first-order chi connectivity index (χ1) is 8.99. The van der Waals surface area contributed by atoms with Gasteiger partial charge in [-0.25, -0.2) is 4.99 Å². The summed E-state index contributed by atoms with van der Waals surface area (Å²) in [4.78, 5) is 29.1. The molecule has 6 heteroatoms. The molecule has 2 amide bonds. The Bertz CT molecular complexity index is 409. The Kier molecular flexibility index (Phi) is 4.50. The van der Waals surface area contributed by atoms with E-state index in [-0.39, 0.29) is 11.8 Å². The fourth-order valence-electron chi connectivity index (χ4n) is 2.29. The second-order valence-corrected chi connectivity index (χ2v) is 6.50. The predicted octanol–water partition coefficient (Wildman–Crippen LogP) is 1.24. The van der Waals surface area contributed by atoms with Gasteiger partial charge in [-0.05, 0) is 18.8 Å². The van der Waals surface area contributed by atoms with E-state index in [0.29, 0.717) is 24.8 Å². The molecule has 0 aliphatic carbocycles. The fourth-order valence-corrected chi connectivity index (χ4v) is 3.29. The monoisotopic (exact) mass is 283 g/mol. The molecule has 2 saturated heterocycles. The smallest absolute Gasteiger partial charge is 0.253 e. The molecular weight excluding hydrogens is 262 g/mol. The summed E-state index contributed by atoms with van der Waals surface area (Å²) in [6.07, 6.45) is 2.06. The molecule has 5 nitrogen and oxygen atoms in total. The molecule has 2 fully saturated rings. The number of hydrogen-bond donors (Lipinski definition) is 1. The largest absolute Gasteiger partial charge is 0.362 e. The molecule has 106 valence electrons. The maximum Gasteiger partial charge on any atom is 0.253 e. The van der Waals surface area contributed by atoms with E-state index in [2.05, 4.69) is 24.2 Å². The van der Waals surface area contributed by atoms with Gasteiger partial charge in [0, 0.05) is 25.3 Å². The first-order valence-corrected chi connectivity index (χ1v) is 7.75. The van der Waals surface area contributed by atoms with Gasteiger partial charge in [0.2, 0.25) is 5.91 Å². The molecule has 0 aromatic carbocycles. The minimum absolute atomic E-state index is 0.106. The Morgan fingerprint density at radius 2 is 2.11 bits per heavy atom. The average Bonchev–Trinajstić information content (AvgIpc) is 2.40. The van der Waals surface area contributed by atoms with Crippen LogP contribution in [0, 0.1) is 5.92 Å². The first kappa shape index (κ1) is 14.4. The molecule has 0 bridgehead atoms. The van der Waals surface area contributed by atoms with Crippen molar-refractivity contribution >= 4 is 28.7 Å². The Morgan fingerprint density at radius 3 is 2.79 bits per heavy atom. The highest BCUT2D eigenvalue weighted by atomic mass is 32.2. The van der Waals surface area contributed by atoms with Gasteiger partial charge < -0.3 is 5.32 Å². The van der Waals surface area contributed by atoms with Crippen molar-refractivity contribution in [1.29, 1.82) is 0 Å². The molecule has 0 aromatic heterocycles. The molecule has 2 unspecified atom stereocenters. The van der Waals surface area contributed by atoms with E-state index in [1.807, 2.05) is 0 Å². The van der Waals surface area contributed by atoms with Crippen molar-refractivity contribution in [2.75, 3.05) is 12.8 Å². The second-order valence-electron chi connectivity index (χ2n) is 5.41. The highest BCUT2D eigenvalue weighted by molar-refractivity contribution is 8.13. The third kappa shape index (κ3) is 3.29. The van der Waals surface area contributed by atoms with Gasteiger partial charge in [-0.3, -0.25) is 14.5 Å². The number of thioether (sulfide) groups is 1. The summed E-state index contributed by atoms with van der Waals surface area (Å²) in [6, 6.07) is 0.0293. The second kappa shape index (κ2) is 5.94. The Hall–Kier alpha value is -1.04. The zero-order valence-electron chi connectivity index (χ0n) is 11.7. The van der Waals surface area contributed by atoms with Crippen LogP contribution in [0.1, 0.15) is 33.1 Å². The number of imide groups is 1. The van der Waals surface area contributed by atoms with E-state index in [9.17, 15) is 9.59 Å². The summed E-state index contributed by atoms with van der Waals surface area (Å²) < 4.78 is 0. The van der Waals surface area contributed by atoms with Crippen molar-refractivity contribution in [3.8, 4) is 0 Å². The maximum atomic E-state index is 12.0. The number of amides is 2. The summed E-state index contributed by atoms with van der Waals surface area (Å²) in [7, 11) is 1.54. The summed E-state index contributed by atoms with van der Waals surface area (Å²) in [6.45, 7) is 4.37. The summed E-state index contributed by atoms with van der Waals surface area (Å²) in [5, 5.41) is 4.26. The quantitative estimate of drug-likeness (QED) is 0.775. The topological polar surface area (TPSA) is 61.8 Å². The summed E-state index contributed by atoms with van der Waals surface area (Å²) in [5.41, 5.74) is 0. The zero-order chi connectivity index (χ0) is 14.0. The van der Waals surface area contributed by atoms with Crippen molar-refractivity contribution in [2.45, 2.75) is 45.2 Å². The van der Waals surface area contributed by atoms with Gasteiger partial charge in [0.25, 0.3) is 5.91 Å². The van der Waals surface area contributed by atoms with Crippen molar-refractivity contribution in [2.24, 2.45) is 10.9 Å². The molecule has 19 heavy (non-hydrogen) atoms. The van der Waals surface area contributed by atoms with Crippen LogP contribution in [0.4, 0.5) is 0 Å². The molecule has 0 aromatic rings. The maximum absolute atomic E-state index is 12.0. The normalized spacial score (nSPS) is 30.9. The zero-order valence-corrected chi connectivity index (χ0v) is 12.5. The molecule has 2 heterocycles. The third-order valence-corrected chi connectivity index (χ3v) is 4.61. The minimum Gasteiger partial charge on any atom is -0.362 e. The number of rotatable bonds is 2. The number of piperidine rings is 1. The van der Waals surface area contributed by atoms with Crippen molar-refractivity contribution in [3.63, 3.8) is 0 Å². The first-order valence-electron chi connectivity index (χ1n) is 6.76. The van der Waals surface area contributed by atoms with E-state index in [1.54, 1.807) is 11.8 Å². The number of nitrogens with zero attached hydrogens (tertiary/aromatic N) is 2. The van der Waals surface area contributed by atoms with Gasteiger partial charge >= 0.3 is 0 Å². The van der Waals surface area contributed by atoms with Crippen molar-refractivity contribution in [1.82, 2.24) is 10.2 Å². The van der Waals surface area contributed by atoms with Crippen LogP contribution in [-0.2, 0) is 9.59 Å². The lowest BCUT2D eigenvalue weighted by atomic mass is 10.0. The van der Waals surface area contributed by atoms with Crippen LogP contribution in [-0.4, -0.2) is 46.8 Å². The molecule has 2 aliphatic rings. The van der Waals surface area contributed by atoms with Gasteiger partial charge in [-0.15, -0.1) is 0 Å². The highest BCUT2D eigenvalue weighted by Gasteiger charge is 2.32. The number of aliphatic imine (C=N–C) groups is 1. The SMILES string of the molecule is CC(C)C1CCSC(=NC2CCC(=O)N(C)C2=O)N1. The lowest BCUT2D eigenvalue weighted by molar-refractivity contribution is -0.147. The number of likely N-dealkylation sites (N-methyl/N-ethyl adjacent to an activating group) is 1. The van der Waals surface area contributed by atoms with Gasteiger partial charge in [-0.1, -0.05) is 25.6 Å². The van der Waals surface area contributed by atoms with Crippen LogP contribution >= 0.6 is 11.8 Å². The fraction of sp³-hybridized carbons (Fsp3) is 0.769. The molecule has 2 aliphatic heterocycles. The van der Waals surface area contributed by atoms with E-state index in [0.717, 1.165) is 17.3 Å². The van der Waals surface area contributed by atoms with Crippen molar-refractivity contribution < 1.29 is 9.59 Å². The number of likely N-dealkylation sites (tertiary alicyclic amines) is 1. The van der Waals surface area contributed by atoms with Gasteiger partial charge in [-0.2, -0.15) is 0 Å². The number of carbonyl (C=O) groups excluding carboxylic acids is 2. The van der Waals surface area contributed by atoms with Crippen LogP contribution in [0.5, 0.6) is 0 Å². The Balaban J connectivity index is 2.04. The van der Waals surface area contributed by atoms with Crippen molar-refractivity contribution in [3.05, 3.63) is 0 Å². The average molecular weight is 283 g/mol. The van der Waals surface area contributed by atoms with Gasteiger partial charge in [0.05, 0.1) is 0 Å². The highest BCUT2D eigenvalue weighted by Crippen LogP contribution is 2.21. The molecule has 0 saturated carbocycles. The third-order valence-electron chi connectivity index (χ3n) is 3.68. The Morgan fingerprint density at radius 1 is 1.37 bits per heavy atom. The van der Waals surface area contributed by atoms with E-state index in [1.165, 1.54) is 11.9 Å². The minimum atomic E-state index is -0.399. The molecule has 0 radical (unpaired) electrons. The molecule has 2 atom stereocenters. The number of carbonyl (C=O) groups is 2. The van der Waals surface area contributed by atoms with Crippen LogP contribution in [0.15, 0.2) is 4.99 Å². The lowest BCUT2D eigenvalue weighted by Gasteiger charge is -2.30. The number of amidine groups is 1. The van der Waals surface area contributed by atoms with E-state index in [4.69, 9.17) is 0 Å². The van der Waals surface area contributed by atoms with Crippen LogP contribution in [0.3, 0.4) is 0 Å². The molecule has 0 spiro atoms. The molecule has 2 rings (SSSR count). The molecular formula is C13H21N3O2S.